The second kappa shape index (κ2) is 5.80. The molecule has 1 aromatic rings. The van der Waals surface area contributed by atoms with Crippen molar-refractivity contribution in [3.05, 3.63) is 18.1 Å². The smallest absolute Gasteiger partial charge is 0.129 e. The number of aromatic nitrogens is 2. The summed E-state index contributed by atoms with van der Waals surface area (Å²) >= 11 is 0. The number of anilines is 1. The lowest BCUT2D eigenvalue weighted by atomic mass is 10.2. The Balaban J connectivity index is 1.75. The molecule has 16 heavy (non-hydrogen) atoms. The van der Waals surface area contributed by atoms with Crippen molar-refractivity contribution in [2.24, 2.45) is 0 Å². The highest BCUT2D eigenvalue weighted by Gasteiger charge is 2.14. The Morgan fingerprint density at radius 3 is 3.19 bits per heavy atom. The van der Waals surface area contributed by atoms with Gasteiger partial charge in [-0.25, -0.2) is 9.97 Å². The molecule has 2 heterocycles. The van der Waals surface area contributed by atoms with Gasteiger partial charge in [-0.2, -0.15) is 0 Å². The van der Waals surface area contributed by atoms with E-state index in [0.717, 1.165) is 37.5 Å². The van der Waals surface area contributed by atoms with Crippen molar-refractivity contribution >= 4 is 5.82 Å². The standard InChI is InChI=1S/C12H19N3O/c1-2-10-8-12(15-9-14-10)13-6-5-11-4-3-7-16-11/h8-9,11H,2-7H2,1H3,(H,13,14,15). The Morgan fingerprint density at radius 2 is 2.44 bits per heavy atom. The average molecular weight is 221 g/mol. The monoisotopic (exact) mass is 221 g/mol. The summed E-state index contributed by atoms with van der Waals surface area (Å²) in [7, 11) is 0. The molecule has 4 heteroatoms. The first-order valence-electron chi connectivity index (χ1n) is 6.05. The molecule has 1 aromatic heterocycles. The lowest BCUT2D eigenvalue weighted by molar-refractivity contribution is 0.107. The summed E-state index contributed by atoms with van der Waals surface area (Å²) < 4.78 is 5.56. The molecule has 0 saturated carbocycles. The molecule has 0 amide bonds. The van der Waals surface area contributed by atoms with Crippen molar-refractivity contribution in [1.82, 2.24) is 9.97 Å². The molecule has 4 nitrogen and oxygen atoms in total. The van der Waals surface area contributed by atoms with Gasteiger partial charge in [0.2, 0.25) is 0 Å². The normalized spacial score (nSPS) is 19.9. The molecule has 1 aliphatic heterocycles. The van der Waals surface area contributed by atoms with Gasteiger partial charge in [0.1, 0.15) is 12.1 Å². The molecule has 1 aliphatic rings. The molecule has 1 unspecified atom stereocenters. The number of aryl methyl sites for hydroxylation is 1. The van der Waals surface area contributed by atoms with Crippen LogP contribution < -0.4 is 5.32 Å². The molecule has 1 atom stereocenters. The molecule has 1 fully saturated rings. The molecule has 0 radical (unpaired) electrons. The third-order valence-corrected chi connectivity index (χ3v) is 2.88. The van der Waals surface area contributed by atoms with E-state index in [1.54, 1.807) is 6.33 Å². The fourth-order valence-corrected chi connectivity index (χ4v) is 1.92. The van der Waals surface area contributed by atoms with Crippen molar-refractivity contribution in [3.8, 4) is 0 Å². The van der Waals surface area contributed by atoms with Gasteiger partial charge in [0, 0.05) is 24.9 Å². The number of hydrogen-bond acceptors (Lipinski definition) is 4. The molecule has 1 saturated heterocycles. The first-order chi connectivity index (χ1) is 7.88. The summed E-state index contributed by atoms with van der Waals surface area (Å²) in [6.45, 7) is 3.95. The Hall–Kier alpha value is -1.16. The highest BCUT2D eigenvalue weighted by molar-refractivity contribution is 5.34. The van der Waals surface area contributed by atoms with Gasteiger partial charge < -0.3 is 10.1 Å². The first kappa shape index (κ1) is 11.3. The average Bonchev–Trinajstić information content (AvgIpc) is 2.82. The third kappa shape index (κ3) is 3.17. The van der Waals surface area contributed by atoms with Crippen molar-refractivity contribution in [2.45, 2.75) is 38.7 Å². The van der Waals surface area contributed by atoms with Crippen LogP contribution in [0.5, 0.6) is 0 Å². The Labute approximate surface area is 96.4 Å². The number of nitrogens with one attached hydrogen (secondary N) is 1. The lowest BCUT2D eigenvalue weighted by Crippen LogP contribution is -2.13. The molecular formula is C12H19N3O. The van der Waals surface area contributed by atoms with Gasteiger partial charge in [0.05, 0.1) is 6.10 Å². The molecule has 88 valence electrons. The number of hydrogen-bond donors (Lipinski definition) is 1. The lowest BCUT2D eigenvalue weighted by Gasteiger charge is -2.10. The third-order valence-electron chi connectivity index (χ3n) is 2.88. The van der Waals surface area contributed by atoms with E-state index in [2.05, 4.69) is 22.2 Å². The van der Waals surface area contributed by atoms with Crippen LogP contribution in [0, 0.1) is 0 Å². The van der Waals surface area contributed by atoms with E-state index >= 15 is 0 Å². The maximum absolute atomic E-state index is 5.56. The predicted molar refractivity (Wildman–Crippen MR) is 63.5 cm³/mol. The van der Waals surface area contributed by atoms with Gasteiger partial charge in [-0.15, -0.1) is 0 Å². The van der Waals surface area contributed by atoms with Crippen molar-refractivity contribution < 1.29 is 4.74 Å². The molecular weight excluding hydrogens is 202 g/mol. The Morgan fingerprint density at radius 1 is 1.50 bits per heavy atom. The fraction of sp³-hybridized carbons (Fsp3) is 0.667. The zero-order valence-electron chi connectivity index (χ0n) is 9.78. The van der Waals surface area contributed by atoms with Crippen molar-refractivity contribution in [3.63, 3.8) is 0 Å². The Kier molecular flexibility index (Phi) is 4.10. The van der Waals surface area contributed by atoms with Crippen molar-refractivity contribution in [1.29, 1.82) is 0 Å². The maximum Gasteiger partial charge on any atom is 0.129 e. The summed E-state index contributed by atoms with van der Waals surface area (Å²) in [6, 6.07) is 2.01. The van der Waals surface area contributed by atoms with Gasteiger partial charge in [0.25, 0.3) is 0 Å². The van der Waals surface area contributed by atoms with Crippen LogP contribution in [0.4, 0.5) is 5.82 Å². The zero-order chi connectivity index (χ0) is 11.2. The summed E-state index contributed by atoms with van der Waals surface area (Å²) in [5, 5.41) is 3.32. The minimum atomic E-state index is 0.444. The molecule has 0 aromatic carbocycles. The topological polar surface area (TPSA) is 47.0 Å². The zero-order valence-corrected chi connectivity index (χ0v) is 9.78. The summed E-state index contributed by atoms with van der Waals surface area (Å²) in [4.78, 5) is 8.36. The van der Waals surface area contributed by atoms with Crippen LogP contribution in [0.2, 0.25) is 0 Å². The Bertz CT molecular complexity index is 324. The summed E-state index contributed by atoms with van der Waals surface area (Å²) in [5.74, 6) is 0.921. The van der Waals surface area contributed by atoms with Crippen LogP contribution in [0.25, 0.3) is 0 Å². The second-order valence-electron chi connectivity index (χ2n) is 4.10. The van der Waals surface area contributed by atoms with Gasteiger partial charge in [-0.1, -0.05) is 6.92 Å². The number of rotatable bonds is 5. The van der Waals surface area contributed by atoms with E-state index in [4.69, 9.17) is 4.74 Å². The maximum atomic E-state index is 5.56. The van der Waals surface area contributed by atoms with Crippen LogP contribution >= 0.6 is 0 Å². The van der Waals surface area contributed by atoms with Gasteiger partial charge in [0.15, 0.2) is 0 Å². The van der Waals surface area contributed by atoms with E-state index in [0.29, 0.717) is 6.10 Å². The molecule has 2 rings (SSSR count). The van der Waals surface area contributed by atoms with E-state index in [-0.39, 0.29) is 0 Å². The van der Waals surface area contributed by atoms with Crippen LogP contribution in [0.3, 0.4) is 0 Å². The van der Waals surface area contributed by atoms with E-state index < -0.39 is 0 Å². The van der Waals surface area contributed by atoms with Crippen molar-refractivity contribution in [2.75, 3.05) is 18.5 Å². The SMILES string of the molecule is CCc1cc(NCCC2CCCO2)ncn1. The van der Waals surface area contributed by atoms with Crippen LogP contribution in [-0.2, 0) is 11.2 Å². The summed E-state index contributed by atoms with van der Waals surface area (Å²) in [6.07, 6.45) is 6.48. The van der Waals surface area contributed by atoms with Crippen LogP contribution in [0.1, 0.15) is 31.9 Å². The van der Waals surface area contributed by atoms with Crippen LogP contribution in [0.15, 0.2) is 12.4 Å². The minimum absolute atomic E-state index is 0.444. The molecule has 1 N–H and O–H groups in total. The van der Waals surface area contributed by atoms with Gasteiger partial charge in [-0.05, 0) is 25.7 Å². The molecule has 0 bridgehead atoms. The fourth-order valence-electron chi connectivity index (χ4n) is 1.92. The van der Waals surface area contributed by atoms with Gasteiger partial charge in [-0.3, -0.25) is 0 Å². The highest BCUT2D eigenvalue weighted by Crippen LogP contribution is 2.15. The summed E-state index contributed by atoms with van der Waals surface area (Å²) in [5.41, 5.74) is 1.08. The molecule has 0 aliphatic carbocycles. The highest BCUT2D eigenvalue weighted by atomic mass is 16.5. The second-order valence-corrected chi connectivity index (χ2v) is 4.10. The minimum Gasteiger partial charge on any atom is -0.378 e. The quantitative estimate of drug-likeness (QED) is 0.826. The number of ether oxygens (including phenoxy) is 1. The predicted octanol–water partition coefficient (Wildman–Crippen LogP) is 2.02. The van der Waals surface area contributed by atoms with Crippen LogP contribution in [-0.4, -0.2) is 29.2 Å². The molecule has 0 spiro atoms. The largest absolute Gasteiger partial charge is 0.378 e. The van der Waals surface area contributed by atoms with E-state index in [9.17, 15) is 0 Å². The van der Waals surface area contributed by atoms with E-state index in [1.807, 2.05) is 6.07 Å². The first-order valence-corrected chi connectivity index (χ1v) is 6.05. The van der Waals surface area contributed by atoms with E-state index in [1.165, 1.54) is 12.8 Å². The van der Waals surface area contributed by atoms with Gasteiger partial charge >= 0.3 is 0 Å². The number of nitrogens with zero attached hydrogens (tertiary/aromatic N) is 2.